The zero-order chi connectivity index (χ0) is 24.4. The third-order valence-corrected chi connectivity index (χ3v) is 6.15. The van der Waals surface area contributed by atoms with E-state index in [4.69, 9.17) is 52.0 Å². The van der Waals surface area contributed by atoms with Crippen LogP contribution in [0.2, 0.25) is 15.7 Å². The van der Waals surface area contributed by atoms with Gasteiger partial charge in [-0.3, -0.25) is 0 Å². The first-order valence-corrected chi connectivity index (χ1v) is 12.0. The topological polar surface area (TPSA) is 130 Å². The van der Waals surface area contributed by atoms with Gasteiger partial charge in [-0.05, 0) is 74.1 Å². The van der Waals surface area contributed by atoms with E-state index in [-0.39, 0.29) is 27.6 Å². The molecule has 2 aliphatic rings. The van der Waals surface area contributed by atoms with Crippen LogP contribution in [0.25, 0.3) is 0 Å². The summed E-state index contributed by atoms with van der Waals surface area (Å²) < 4.78 is 25.6. The average molecular weight is 525 g/mol. The van der Waals surface area contributed by atoms with Crippen molar-refractivity contribution in [3.8, 4) is 0 Å². The van der Waals surface area contributed by atoms with Gasteiger partial charge in [0.25, 0.3) is 0 Å². The fraction of sp³-hybridized carbons (Fsp3) is 0.619. The van der Waals surface area contributed by atoms with Gasteiger partial charge in [-0.25, -0.2) is 28.7 Å². The lowest BCUT2D eigenvalue weighted by molar-refractivity contribution is 0.316. The largest absolute Gasteiger partial charge is 0.328 e. The lowest BCUT2D eigenvalue weighted by Gasteiger charge is -2.26. The normalized spacial score (nSPS) is 24.7. The van der Waals surface area contributed by atoms with Crippen LogP contribution in [0.1, 0.15) is 57.1 Å². The first kappa shape index (κ1) is 28.0. The molecule has 33 heavy (non-hydrogen) atoms. The van der Waals surface area contributed by atoms with Crippen LogP contribution in [0.5, 0.6) is 0 Å². The van der Waals surface area contributed by atoms with Gasteiger partial charge in [0, 0.05) is 18.1 Å². The fourth-order valence-corrected chi connectivity index (χ4v) is 4.36. The molecule has 12 heteroatoms. The molecule has 4 rings (SSSR count). The zero-order valence-electron chi connectivity index (χ0n) is 18.2. The number of nitrogens with two attached hydrogens (primary N) is 3. The number of hydrogen-bond acceptors (Lipinski definition) is 7. The molecular formula is C21H30Cl3F2N7. The van der Waals surface area contributed by atoms with Gasteiger partial charge in [-0.15, -0.1) is 0 Å². The van der Waals surface area contributed by atoms with E-state index in [0.29, 0.717) is 30.1 Å². The summed E-state index contributed by atoms with van der Waals surface area (Å²) in [6.45, 7) is 0. The predicted molar refractivity (Wildman–Crippen MR) is 127 cm³/mol. The molecule has 0 spiro atoms. The molecule has 2 fully saturated rings. The summed E-state index contributed by atoms with van der Waals surface area (Å²) in [7, 11) is 0. The van der Waals surface area contributed by atoms with Crippen LogP contribution in [0.4, 0.5) is 8.78 Å². The molecule has 4 atom stereocenters. The molecule has 2 heterocycles. The zero-order valence-corrected chi connectivity index (χ0v) is 20.5. The number of hydrogen-bond donors (Lipinski definition) is 3. The Morgan fingerprint density at radius 3 is 1.76 bits per heavy atom. The average Bonchev–Trinajstić information content (AvgIpc) is 2.74. The van der Waals surface area contributed by atoms with Gasteiger partial charge in [-0.1, -0.05) is 24.4 Å². The van der Waals surface area contributed by atoms with Crippen LogP contribution in [-0.2, 0) is 6.42 Å². The highest BCUT2D eigenvalue weighted by molar-refractivity contribution is 6.31. The summed E-state index contributed by atoms with van der Waals surface area (Å²) in [6.07, 6.45) is 11.5. The van der Waals surface area contributed by atoms with E-state index in [1.54, 1.807) is 0 Å². The molecule has 7 nitrogen and oxygen atoms in total. The maximum atomic E-state index is 13.4. The van der Waals surface area contributed by atoms with Gasteiger partial charge < -0.3 is 17.2 Å². The Bertz CT molecular complexity index is 870. The summed E-state index contributed by atoms with van der Waals surface area (Å²) >= 11 is 16.1. The van der Waals surface area contributed by atoms with Crippen molar-refractivity contribution in [3.63, 3.8) is 0 Å². The molecule has 2 aromatic rings. The molecule has 0 saturated heterocycles. The van der Waals surface area contributed by atoms with E-state index in [1.165, 1.54) is 19.3 Å². The minimum absolute atomic E-state index is 0.0543. The van der Waals surface area contributed by atoms with E-state index >= 15 is 0 Å². The molecule has 0 amide bonds. The highest BCUT2D eigenvalue weighted by Crippen LogP contribution is 2.26. The third kappa shape index (κ3) is 10.7. The first-order chi connectivity index (χ1) is 15.6. The van der Waals surface area contributed by atoms with Crippen molar-refractivity contribution < 1.29 is 8.78 Å². The van der Waals surface area contributed by atoms with Crippen molar-refractivity contribution in [2.45, 2.75) is 75.9 Å². The van der Waals surface area contributed by atoms with Crippen molar-refractivity contribution in [1.82, 2.24) is 19.9 Å². The van der Waals surface area contributed by atoms with Crippen LogP contribution in [-0.4, -0.2) is 38.1 Å². The highest BCUT2D eigenvalue weighted by atomic mass is 35.5. The summed E-state index contributed by atoms with van der Waals surface area (Å²) in [6, 6.07) is 1.02. The summed E-state index contributed by atoms with van der Waals surface area (Å²) in [5, 5.41) is -0.201. The molecular weight excluding hydrogens is 495 g/mol. The Kier molecular flexibility index (Phi) is 12.1. The molecule has 2 saturated carbocycles. The smallest absolute Gasteiger partial charge is 0.223 e. The molecule has 2 aliphatic carbocycles. The Balaban J connectivity index is 0.000000192. The molecule has 6 N–H and O–H groups in total. The molecule has 0 aromatic carbocycles. The highest BCUT2D eigenvalue weighted by Gasteiger charge is 2.21. The molecule has 0 radical (unpaired) electrons. The first-order valence-electron chi connectivity index (χ1n) is 10.9. The minimum atomic E-state index is -0.666. The summed E-state index contributed by atoms with van der Waals surface area (Å²) in [5.41, 5.74) is 17.6. The van der Waals surface area contributed by atoms with Gasteiger partial charge >= 0.3 is 0 Å². The van der Waals surface area contributed by atoms with E-state index in [9.17, 15) is 8.78 Å². The molecule has 0 aliphatic heterocycles. The van der Waals surface area contributed by atoms with E-state index < -0.39 is 5.82 Å². The monoisotopic (exact) mass is 523 g/mol. The molecule has 0 bridgehead atoms. The number of rotatable bonds is 2. The number of halogens is 5. The molecule has 0 unspecified atom stereocenters. The van der Waals surface area contributed by atoms with Crippen molar-refractivity contribution in [2.75, 3.05) is 0 Å². The lowest BCUT2D eigenvalue weighted by Crippen LogP contribution is -2.35. The number of aromatic nitrogens is 4. The SMILES string of the molecule is Fc1cnc(Cl)nc1Cl.N[C@@H]1CCC[C@H](Cc2nc(Cl)ncc2F)C1.N[C@@H]1CCC[C@H](N)C1. The van der Waals surface area contributed by atoms with Crippen LogP contribution in [0.15, 0.2) is 12.4 Å². The quantitative estimate of drug-likeness (QED) is 0.390. The van der Waals surface area contributed by atoms with Crippen molar-refractivity contribution in [2.24, 2.45) is 23.1 Å². The molecule has 184 valence electrons. The maximum absolute atomic E-state index is 13.4. The Hall–Kier alpha value is -1.23. The van der Waals surface area contributed by atoms with Gasteiger partial charge in [0.1, 0.15) is 0 Å². The van der Waals surface area contributed by atoms with Crippen LogP contribution < -0.4 is 17.2 Å². The predicted octanol–water partition coefficient (Wildman–Crippen LogP) is 4.47. The summed E-state index contributed by atoms with van der Waals surface area (Å²) in [4.78, 5) is 14.2. The number of nitrogens with zero attached hydrogens (tertiary/aromatic N) is 4. The lowest BCUT2D eigenvalue weighted by atomic mass is 9.83. The van der Waals surface area contributed by atoms with Gasteiger partial charge in [0.05, 0.1) is 18.1 Å². The van der Waals surface area contributed by atoms with Crippen molar-refractivity contribution in [1.29, 1.82) is 0 Å². The fourth-order valence-electron chi connectivity index (χ4n) is 3.91. The Labute approximate surface area is 207 Å². The van der Waals surface area contributed by atoms with Gasteiger partial charge in [0.2, 0.25) is 10.6 Å². The molecule has 2 aromatic heterocycles. The minimum Gasteiger partial charge on any atom is -0.328 e. The second kappa shape index (κ2) is 14.2. The van der Waals surface area contributed by atoms with Crippen molar-refractivity contribution in [3.05, 3.63) is 45.4 Å². The summed E-state index contributed by atoms with van der Waals surface area (Å²) in [5.74, 6) is -0.617. The van der Waals surface area contributed by atoms with Crippen molar-refractivity contribution >= 4 is 34.8 Å². The second-order valence-corrected chi connectivity index (χ2v) is 9.43. The van der Waals surface area contributed by atoms with E-state index in [2.05, 4.69) is 19.9 Å². The van der Waals surface area contributed by atoms with Crippen LogP contribution in [0, 0.1) is 17.6 Å². The Morgan fingerprint density at radius 2 is 1.27 bits per heavy atom. The second-order valence-electron chi connectivity index (χ2n) is 8.40. The standard InChI is InChI=1S/C11H15ClFN3.C6H14N2.C4HCl2FN2/c12-11-15-6-9(13)10(16-11)5-7-2-1-3-8(14)4-7;7-5-2-1-3-6(8)4-5;5-3-2(7)1-8-4(6)9-3/h6-8H,1-5,14H2;5-6H,1-4,7-8H2;1H/t7-,8+;5-,6+;/m0../s1. The van der Waals surface area contributed by atoms with Crippen LogP contribution in [0.3, 0.4) is 0 Å². The van der Waals surface area contributed by atoms with Gasteiger partial charge in [-0.2, -0.15) is 0 Å². The van der Waals surface area contributed by atoms with Crippen LogP contribution >= 0.6 is 34.8 Å². The third-order valence-electron chi connectivity index (χ3n) is 5.52. The van der Waals surface area contributed by atoms with E-state index in [1.807, 2.05) is 0 Å². The van der Waals surface area contributed by atoms with Gasteiger partial charge in [0.15, 0.2) is 16.8 Å². The van der Waals surface area contributed by atoms with E-state index in [0.717, 1.165) is 44.5 Å². The maximum Gasteiger partial charge on any atom is 0.223 e. The Morgan fingerprint density at radius 1 is 0.758 bits per heavy atom.